The summed E-state index contributed by atoms with van der Waals surface area (Å²) in [4.78, 5) is 2.31. The van der Waals surface area contributed by atoms with Crippen LogP contribution < -0.4 is 15.0 Å². The van der Waals surface area contributed by atoms with Crippen molar-refractivity contribution in [1.29, 1.82) is 0 Å². The Balaban J connectivity index is 1.77. The van der Waals surface area contributed by atoms with Gasteiger partial charge in [-0.3, -0.25) is 0 Å². The Morgan fingerprint density at radius 2 is 2.05 bits per heavy atom. The topological polar surface area (TPSA) is 24.5 Å². The fourth-order valence-electron chi connectivity index (χ4n) is 3.02. The Bertz CT molecular complexity index is 612. The zero-order valence-electron chi connectivity index (χ0n) is 12.7. The van der Waals surface area contributed by atoms with Gasteiger partial charge in [0.05, 0.1) is 7.11 Å². The zero-order valence-corrected chi connectivity index (χ0v) is 12.7. The maximum absolute atomic E-state index is 5.31. The van der Waals surface area contributed by atoms with Crippen LogP contribution >= 0.6 is 0 Å². The first-order valence-electron chi connectivity index (χ1n) is 7.46. The lowest BCUT2D eigenvalue weighted by atomic mass is 9.90. The number of rotatable bonds is 4. The van der Waals surface area contributed by atoms with E-state index in [2.05, 4.69) is 53.7 Å². The second kappa shape index (κ2) is 6.08. The Hall–Kier alpha value is -2.16. The monoisotopic (exact) mass is 282 g/mol. The van der Waals surface area contributed by atoms with E-state index in [1.165, 1.54) is 23.4 Å². The lowest BCUT2D eigenvalue weighted by Gasteiger charge is -2.31. The van der Waals surface area contributed by atoms with Crippen molar-refractivity contribution in [3.8, 4) is 5.75 Å². The van der Waals surface area contributed by atoms with E-state index in [9.17, 15) is 0 Å². The molecule has 0 amide bonds. The normalized spacial score (nSPS) is 16.8. The van der Waals surface area contributed by atoms with Crippen molar-refractivity contribution >= 4 is 11.4 Å². The highest BCUT2D eigenvalue weighted by Gasteiger charge is 2.21. The van der Waals surface area contributed by atoms with Crippen LogP contribution in [0.3, 0.4) is 0 Å². The fraction of sp³-hybridized carbons (Fsp3) is 0.333. The third kappa shape index (κ3) is 2.97. The maximum atomic E-state index is 5.31. The smallest absolute Gasteiger partial charge is 0.120 e. The summed E-state index contributed by atoms with van der Waals surface area (Å²) in [6.45, 7) is 2.07. The molecule has 3 rings (SSSR count). The Kier molecular flexibility index (Phi) is 4.00. The minimum absolute atomic E-state index is 0.568. The Labute approximate surface area is 126 Å². The summed E-state index contributed by atoms with van der Waals surface area (Å²) in [6.07, 6.45) is 1.17. The van der Waals surface area contributed by atoms with E-state index < -0.39 is 0 Å². The van der Waals surface area contributed by atoms with Gasteiger partial charge in [-0.25, -0.2) is 0 Å². The van der Waals surface area contributed by atoms with Gasteiger partial charge in [-0.15, -0.1) is 0 Å². The van der Waals surface area contributed by atoms with Gasteiger partial charge in [-0.2, -0.15) is 0 Å². The van der Waals surface area contributed by atoms with E-state index in [0.717, 1.165) is 18.8 Å². The van der Waals surface area contributed by atoms with Crippen LogP contribution in [0.25, 0.3) is 0 Å². The number of hydrogen-bond donors (Lipinski definition) is 1. The number of nitrogens with one attached hydrogen (secondary N) is 1. The highest BCUT2D eigenvalue weighted by Crippen LogP contribution is 2.32. The molecule has 110 valence electrons. The second-order valence-corrected chi connectivity index (χ2v) is 5.58. The van der Waals surface area contributed by atoms with Crippen LogP contribution in [0, 0.1) is 0 Å². The molecule has 0 fully saturated rings. The molecule has 2 aromatic carbocycles. The molecule has 1 atom stereocenters. The number of likely N-dealkylation sites (N-methyl/N-ethyl adjacent to an activating group) is 1. The summed E-state index contributed by atoms with van der Waals surface area (Å²) in [5.41, 5.74) is 3.91. The number of ether oxygens (including phenoxy) is 1. The number of anilines is 2. The van der Waals surface area contributed by atoms with Crippen molar-refractivity contribution in [2.24, 2.45) is 0 Å². The standard InChI is InChI=1S/C18H22N2O/c1-20(15-6-5-7-16(12-15)21-2)13-14-10-11-19-18-9-4-3-8-17(14)18/h3-9,12,14,19H,10-11,13H2,1-2H3. The number of methoxy groups -OCH3 is 1. The molecule has 0 saturated carbocycles. The van der Waals surface area contributed by atoms with Gasteiger partial charge in [0.25, 0.3) is 0 Å². The van der Waals surface area contributed by atoms with Crippen molar-refractivity contribution in [3.63, 3.8) is 0 Å². The van der Waals surface area contributed by atoms with Crippen LogP contribution in [0.1, 0.15) is 17.9 Å². The zero-order chi connectivity index (χ0) is 14.7. The SMILES string of the molecule is COc1cccc(N(C)CC2CCNc3ccccc32)c1. The van der Waals surface area contributed by atoms with Crippen molar-refractivity contribution in [1.82, 2.24) is 0 Å². The van der Waals surface area contributed by atoms with Crippen molar-refractivity contribution in [2.45, 2.75) is 12.3 Å². The molecule has 1 aliphatic heterocycles. The van der Waals surface area contributed by atoms with Gasteiger partial charge >= 0.3 is 0 Å². The number of benzene rings is 2. The molecule has 1 N–H and O–H groups in total. The first-order chi connectivity index (χ1) is 10.3. The molecule has 21 heavy (non-hydrogen) atoms. The molecular weight excluding hydrogens is 260 g/mol. The van der Waals surface area contributed by atoms with E-state index >= 15 is 0 Å². The second-order valence-electron chi connectivity index (χ2n) is 5.58. The molecule has 0 saturated heterocycles. The Morgan fingerprint density at radius 3 is 2.90 bits per heavy atom. The van der Waals surface area contributed by atoms with E-state index in [1.54, 1.807) is 7.11 Å². The predicted molar refractivity (Wildman–Crippen MR) is 88.6 cm³/mol. The molecule has 1 aliphatic rings. The molecule has 0 spiro atoms. The van der Waals surface area contributed by atoms with Gasteiger partial charge in [0, 0.05) is 43.5 Å². The third-order valence-electron chi connectivity index (χ3n) is 4.20. The molecule has 3 heteroatoms. The van der Waals surface area contributed by atoms with Crippen LogP contribution in [-0.2, 0) is 0 Å². The van der Waals surface area contributed by atoms with Crippen LogP contribution in [0.2, 0.25) is 0 Å². The molecule has 0 aromatic heterocycles. The minimum atomic E-state index is 0.568. The van der Waals surface area contributed by atoms with Gasteiger partial charge in [0.1, 0.15) is 5.75 Å². The molecule has 0 aliphatic carbocycles. The van der Waals surface area contributed by atoms with Crippen LogP contribution in [0.5, 0.6) is 5.75 Å². The molecule has 0 bridgehead atoms. The quantitative estimate of drug-likeness (QED) is 0.924. The van der Waals surface area contributed by atoms with Gasteiger partial charge in [0.2, 0.25) is 0 Å². The average molecular weight is 282 g/mol. The Morgan fingerprint density at radius 1 is 1.19 bits per heavy atom. The fourth-order valence-corrected chi connectivity index (χ4v) is 3.02. The van der Waals surface area contributed by atoms with E-state index in [1.807, 2.05) is 12.1 Å². The number of fused-ring (bicyclic) bond motifs is 1. The summed E-state index contributed by atoms with van der Waals surface area (Å²) < 4.78 is 5.31. The molecule has 1 heterocycles. The molecule has 1 unspecified atom stereocenters. The van der Waals surface area contributed by atoms with E-state index in [-0.39, 0.29) is 0 Å². The van der Waals surface area contributed by atoms with Crippen LogP contribution in [0.4, 0.5) is 11.4 Å². The third-order valence-corrected chi connectivity index (χ3v) is 4.20. The number of para-hydroxylation sites is 1. The lowest BCUT2D eigenvalue weighted by molar-refractivity contribution is 0.415. The first-order valence-corrected chi connectivity index (χ1v) is 7.46. The summed E-state index contributed by atoms with van der Waals surface area (Å²) in [7, 11) is 3.86. The number of nitrogens with zero attached hydrogens (tertiary/aromatic N) is 1. The maximum Gasteiger partial charge on any atom is 0.120 e. The highest BCUT2D eigenvalue weighted by atomic mass is 16.5. The summed E-state index contributed by atoms with van der Waals surface area (Å²) in [5.74, 6) is 1.48. The van der Waals surface area contributed by atoms with Crippen LogP contribution in [-0.4, -0.2) is 27.2 Å². The van der Waals surface area contributed by atoms with Gasteiger partial charge in [0.15, 0.2) is 0 Å². The molecule has 0 radical (unpaired) electrons. The average Bonchev–Trinajstić information content (AvgIpc) is 2.55. The highest BCUT2D eigenvalue weighted by molar-refractivity contribution is 5.56. The van der Waals surface area contributed by atoms with E-state index in [0.29, 0.717) is 5.92 Å². The summed E-state index contributed by atoms with van der Waals surface area (Å²) in [5, 5.41) is 3.49. The van der Waals surface area contributed by atoms with Gasteiger partial charge in [-0.05, 0) is 30.2 Å². The summed E-state index contributed by atoms with van der Waals surface area (Å²) >= 11 is 0. The van der Waals surface area contributed by atoms with Crippen molar-refractivity contribution in [3.05, 3.63) is 54.1 Å². The molecule has 3 nitrogen and oxygen atoms in total. The van der Waals surface area contributed by atoms with Gasteiger partial charge < -0.3 is 15.0 Å². The predicted octanol–water partition coefficient (Wildman–Crippen LogP) is 3.73. The first kappa shape index (κ1) is 13.8. The van der Waals surface area contributed by atoms with Crippen molar-refractivity contribution < 1.29 is 4.74 Å². The van der Waals surface area contributed by atoms with Gasteiger partial charge in [-0.1, -0.05) is 24.3 Å². The van der Waals surface area contributed by atoms with E-state index in [4.69, 9.17) is 4.74 Å². The van der Waals surface area contributed by atoms with Crippen molar-refractivity contribution in [2.75, 3.05) is 37.5 Å². The molecule has 2 aromatic rings. The summed E-state index contributed by atoms with van der Waals surface area (Å²) in [6, 6.07) is 16.9. The molecular formula is C18H22N2O. The largest absolute Gasteiger partial charge is 0.497 e. The minimum Gasteiger partial charge on any atom is -0.497 e. The number of hydrogen-bond acceptors (Lipinski definition) is 3. The lowest BCUT2D eigenvalue weighted by Crippen LogP contribution is -2.28. The van der Waals surface area contributed by atoms with Crippen LogP contribution in [0.15, 0.2) is 48.5 Å².